The molecule has 2 heteroatoms. The molecule has 1 aromatic carbocycles. The maximum atomic E-state index is 11.0. The zero-order valence-corrected chi connectivity index (χ0v) is 16.5. The van der Waals surface area contributed by atoms with Crippen LogP contribution < -0.4 is 0 Å². The van der Waals surface area contributed by atoms with Crippen molar-refractivity contribution in [1.29, 1.82) is 0 Å². The highest BCUT2D eigenvalue weighted by atomic mass is 16.4. The van der Waals surface area contributed by atoms with Crippen LogP contribution in [0.25, 0.3) is 0 Å². The molecule has 0 heterocycles. The first-order chi connectivity index (χ1) is 12.7. The van der Waals surface area contributed by atoms with Gasteiger partial charge in [0.15, 0.2) is 0 Å². The molecule has 2 fully saturated rings. The first-order valence-corrected chi connectivity index (χ1v) is 11.0. The number of hydrogen-bond donors (Lipinski definition) is 1. The molecule has 0 aliphatic heterocycles. The fraction of sp³-hybridized carbons (Fsp3) is 0.708. The number of hydrogen-bond acceptors (Lipinski definition) is 1. The summed E-state index contributed by atoms with van der Waals surface area (Å²) in [5, 5.41) is 9.03. The van der Waals surface area contributed by atoms with Crippen LogP contribution in [-0.4, -0.2) is 11.1 Å². The maximum absolute atomic E-state index is 11.0. The van der Waals surface area contributed by atoms with Crippen LogP contribution in [0.1, 0.15) is 106 Å². The van der Waals surface area contributed by atoms with Gasteiger partial charge < -0.3 is 5.11 Å². The van der Waals surface area contributed by atoms with Crippen molar-refractivity contribution < 1.29 is 9.90 Å². The molecule has 1 N–H and O–H groups in total. The molecule has 2 nitrogen and oxygen atoms in total. The number of carboxylic acids is 1. The lowest BCUT2D eigenvalue weighted by atomic mass is 9.74. The third-order valence-electron chi connectivity index (χ3n) is 7.12. The van der Waals surface area contributed by atoms with Gasteiger partial charge in [-0.2, -0.15) is 0 Å². The van der Waals surface area contributed by atoms with Gasteiger partial charge in [-0.15, -0.1) is 0 Å². The second-order valence-electron chi connectivity index (χ2n) is 8.90. The molecule has 0 unspecified atom stereocenters. The number of carboxylic acid groups (broad SMARTS) is 1. The van der Waals surface area contributed by atoms with E-state index in [-0.39, 0.29) is 0 Å². The molecule has 0 saturated heterocycles. The largest absolute Gasteiger partial charge is 0.478 e. The Balaban J connectivity index is 1.37. The zero-order chi connectivity index (χ0) is 18.4. The first kappa shape index (κ1) is 19.5. The first-order valence-electron chi connectivity index (χ1n) is 11.0. The van der Waals surface area contributed by atoms with E-state index in [2.05, 4.69) is 6.92 Å². The smallest absolute Gasteiger partial charge is 0.335 e. The monoisotopic (exact) mass is 356 g/mol. The molecule has 0 bridgehead atoms. The summed E-state index contributed by atoms with van der Waals surface area (Å²) in [6.45, 7) is 2.32. The van der Waals surface area contributed by atoms with E-state index in [1.807, 2.05) is 12.1 Å². The van der Waals surface area contributed by atoms with E-state index in [1.54, 1.807) is 12.1 Å². The minimum atomic E-state index is -0.830. The summed E-state index contributed by atoms with van der Waals surface area (Å²) in [4.78, 5) is 11.0. The fourth-order valence-corrected chi connectivity index (χ4v) is 5.37. The van der Waals surface area contributed by atoms with E-state index in [9.17, 15) is 4.79 Å². The fourth-order valence-electron chi connectivity index (χ4n) is 5.37. The SMILES string of the molecule is CCCC1CCC(CCC2CCC(c3ccc(C(=O)O)cc3)CC2)CC1. The predicted molar refractivity (Wildman–Crippen MR) is 108 cm³/mol. The molecule has 0 amide bonds. The lowest BCUT2D eigenvalue weighted by Gasteiger charge is -2.32. The Labute approximate surface area is 159 Å². The van der Waals surface area contributed by atoms with E-state index < -0.39 is 5.97 Å². The molecule has 2 aliphatic carbocycles. The molecule has 1 aromatic rings. The lowest BCUT2D eigenvalue weighted by Crippen LogP contribution is -2.17. The van der Waals surface area contributed by atoms with Gasteiger partial charge in [-0.3, -0.25) is 0 Å². The van der Waals surface area contributed by atoms with Gasteiger partial charge in [0.25, 0.3) is 0 Å². The predicted octanol–water partition coefficient (Wildman–Crippen LogP) is 7.05. The summed E-state index contributed by atoms with van der Waals surface area (Å²) in [6, 6.07) is 7.59. The van der Waals surface area contributed by atoms with Crippen molar-refractivity contribution in [3.63, 3.8) is 0 Å². The van der Waals surface area contributed by atoms with Crippen LogP contribution in [0.2, 0.25) is 0 Å². The Morgan fingerprint density at radius 2 is 1.27 bits per heavy atom. The molecule has 0 aromatic heterocycles. The highest BCUT2D eigenvalue weighted by molar-refractivity contribution is 5.87. The molecular formula is C24H36O2. The van der Waals surface area contributed by atoms with Gasteiger partial charge in [0.1, 0.15) is 0 Å². The third-order valence-corrected chi connectivity index (χ3v) is 7.12. The number of aromatic carboxylic acids is 1. The number of benzene rings is 1. The molecule has 0 spiro atoms. The minimum Gasteiger partial charge on any atom is -0.478 e. The quantitative estimate of drug-likeness (QED) is 0.568. The summed E-state index contributed by atoms with van der Waals surface area (Å²) < 4.78 is 0. The Hall–Kier alpha value is -1.31. The molecule has 0 atom stereocenters. The molecule has 144 valence electrons. The lowest BCUT2D eigenvalue weighted by molar-refractivity contribution is 0.0697. The van der Waals surface area contributed by atoms with Crippen LogP contribution in [0.4, 0.5) is 0 Å². The van der Waals surface area contributed by atoms with Gasteiger partial charge in [0.05, 0.1) is 5.56 Å². The van der Waals surface area contributed by atoms with E-state index in [1.165, 1.54) is 82.6 Å². The van der Waals surface area contributed by atoms with Crippen LogP contribution in [-0.2, 0) is 0 Å². The Morgan fingerprint density at radius 3 is 1.73 bits per heavy atom. The normalized spacial score (nSPS) is 29.4. The summed E-state index contributed by atoms with van der Waals surface area (Å²) in [7, 11) is 0. The standard InChI is InChI=1S/C24H36O2/c1-2-3-18-4-6-19(7-5-18)8-9-20-10-12-21(13-11-20)22-14-16-23(17-15-22)24(25)26/h14-21H,2-13H2,1H3,(H,25,26). The number of rotatable bonds is 7. The van der Waals surface area contributed by atoms with Crippen molar-refractivity contribution in [2.24, 2.45) is 17.8 Å². The van der Waals surface area contributed by atoms with Gasteiger partial charge in [-0.25, -0.2) is 4.79 Å². The highest BCUT2D eigenvalue weighted by Crippen LogP contribution is 2.40. The van der Waals surface area contributed by atoms with Crippen molar-refractivity contribution in [3.05, 3.63) is 35.4 Å². The molecule has 3 rings (SSSR count). The van der Waals surface area contributed by atoms with Crippen molar-refractivity contribution in [2.75, 3.05) is 0 Å². The topological polar surface area (TPSA) is 37.3 Å². The molecule has 2 aliphatic rings. The Bertz CT molecular complexity index is 546. The maximum Gasteiger partial charge on any atom is 0.335 e. The van der Waals surface area contributed by atoms with Crippen LogP contribution in [0, 0.1) is 17.8 Å². The minimum absolute atomic E-state index is 0.399. The Kier molecular flexibility index (Phi) is 7.16. The average molecular weight is 357 g/mol. The summed E-state index contributed by atoms with van der Waals surface area (Å²) in [5.74, 6) is 2.77. The molecule has 2 saturated carbocycles. The second kappa shape index (κ2) is 9.58. The van der Waals surface area contributed by atoms with E-state index in [0.717, 1.165) is 17.8 Å². The van der Waals surface area contributed by atoms with Crippen LogP contribution in [0.5, 0.6) is 0 Å². The molecular weight excluding hydrogens is 320 g/mol. The highest BCUT2D eigenvalue weighted by Gasteiger charge is 2.25. The molecule has 0 radical (unpaired) electrons. The van der Waals surface area contributed by atoms with Gasteiger partial charge in [-0.1, -0.05) is 70.4 Å². The second-order valence-corrected chi connectivity index (χ2v) is 8.90. The van der Waals surface area contributed by atoms with Gasteiger partial charge in [0, 0.05) is 0 Å². The van der Waals surface area contributed by atoms with E-state index in [4.69, 9.17) is 5.11 Å². The van der Waals surface area contributed by atoms with Crippen LogP contribution >= 0.6 is 0 Å². The summed E-state index contributed by atoms with van der Waals surface area (Å²) in [6.07, 6.45) is 16.9. The number of carbonyl (C=O) groups is 1. The molecule has 26 heavy (non-hydrogen) atoms. The van der Waals surface area contributed by atoms with E-state index in [0.29, 0.717) is 11.5 Å². The van der Waals surface area contributed by atoms with Crippen LogP contribution in [0.3, 0.4) is 0 Å². The Morgan fingerprint density at radius 1 is 0.808 bits per heavy atom. The van der Waals surface area contributed by atoms with Crippen molar-refractivity contribution >= 4 is 5.97 Å². The van der Waals surface area contributed by atoms with E-state index >= 15 is 0 Å². The summed E-state index contributed by atoms with van der Waals surface area (Å²) >= 11 is 0. The van der Waals surface area contributed by atoms with Gasteiger partial charge in [-0.05, 0) is 67.1 Å². The van der Waals surface area contributed by atoms with Crippen LogP contribution in [0.15, 0.2) is 24.3 Å². The van der Waals surface area contributed by atoms with Crippen molar-refractivity contribution in [2.45, 2.75) is 89.9 Å². The van der Waals surface area contributed by atoms with Crippen molar-refractivity contribution in [3.8, 4) is 0 Å². The van der Waals surface area contributed by atoms with Crippen molar-refractivity contribution in [1.82, 2.24) is 0 Å². The third kappa shape index (κ3) is 5.34. The summed E-state index contributed by atoms with van der Waals surface area (Å²) in [5.41, 5.74) is 1.73. The van der Waals surface area contributed by atoms with Gasteiger partial charge >= 0.3 is 5.97 Å². The average Bonchev–Trinajstić information content (AvgIpc) is 2.68. The zero-order valence-electron chi connectivity index (χ0n) is 16.5. The van der Waals surface area contributed by atoms with Gasteiger partial charge in [0.2, 0.25) is 0 Å².